The number of benzene rings is 1. The van der Waals surface area contributed by atoms with Crippen LogP contribution in [0.3, 0.4) is 0 Å². The van der Waals surface area contributed by atoms with Gasteiger partial charge in [0, 0.05) is 25.2 Å². The van der Waals surface area contributed by atoms with Gasteiger partial charge in [0.05, 0.1) is 11.0 Å². The van der Waals surface area contributed by atoms with Gasteiger partial charge in [-0.1, -0.05) is 18.2 Å². The Morgan fingerprint density at radius 2 is 2.11 bits per heavy atom. The molecule has 1 amide bonds. The van der Waals surface area contributed by atoms with Crippen LogP contribution in [0.15, 0.2) is 42.6 Å². The molecule has 1 saturated heterocycles. The highest BCUT2D eigenvalue weighted by Crippen LogP contribution is 2.28. The van der Waals surface area contributed by atoms with Crippen molar-refractivity contribution in [3.05, 3.63) is 65.6 Å². The molecule has 1 aliphatic heterocycles. The zero-order chi connectivity index (χ0) is 19.3. The Morgan fingerprint density at radius 1 is 1.21 bits per heavy atom. The lowest BCUT2D eigenvalue weighted by molar-refractivity contribution is 0.0694. The summed E-state index contributed by atoms with van der Waals surface area (Å²) in [6, 6.07) is 11.2. The molecular formula is C21H20FN5O. The van der Waals surface area contributed by atoms with E-state index in [-0.39, 0.29) is 17.5 Å². The van der Waals surface area contributed by atoms with E-state index in [1.165, 1.54) is 4.40 Å². The van der Waals surface area contributed by atoms with Crippen LogP contribution in [0.1, 0.15) is 40.6 Å². The molecular weight excluding hydrogens is 357 g/mol. The van der Waals surface area contributed by atoms with Crippen molar-refractivity contribution in [1.29, 1.82) is 0 Å². The summed E-state index contributed by atoms with van der Waals surface area (Å²) in [6.07, 6.45) is 3.36. The lowest BCUT2D eigenvalue weighted by Crippen LogP contribution is -2.39. The summed E-state index contributed by atoms with van der Waals surface area (Å²) in [6.45, 7) is 3.14. The highest BCUT2D eigenvalue weighted by molar-refractivity contribution is 5.93. The van der Waals surface area contributed by atoms with E-state index in [1.807, 2.05) is 25.1 Å². The van der Waals surface area contributed by atoms with Gasteiger partial charge in [-0.05, 0) is 43.5 Å². The fraction of sp³-hybridized carbons (Fsp3) is 0.286. The minimum atomic E-state index is -0.609. The summed E-state index contributed by atoms with van der Waals surface area (Å²) < 4.78 is 16.0. The molecule has 1 N–H and O–H groups in total. The summed E-state index contributed by atoms with van der Waals surface area (Å²) in [5.74, 6) is 0.0159. The third kappa shape index (κ3) is 2.66. The zero-order valence-corrected chi connectivity index (χ0v) is 15.5. The standard InChI is InChI=1S/C21H20FN5O/c1-13-6-4-8-15-17(13)25-20(23-15)14-7-5-10-26(12-14)21(28)18-19(22)27-11-3-2-9-16(27)24-18/h2-4,6,8-9,11,14H,5,7,10,12H2,1H3,(H,23,25)/t14-/m1/s1. The smallest absolute Gasteiger partial charge is 0.277 e. The number of nitrogens with zero attached hydrogens (tertiary/aromatic N) is 4. The Kier molecular flexibility index (Phi) is 3.89. The maximum absolute atomic E-state index is 14.7. The molecule has 0 spiro atoms. The van der Waals surface area contributed by atoms with Crippen LogP contribution in [-0.4, -0.2) is 43.2 Å². The third-order valence-electron chi connectivity index (χ3n) is 5.50. The predicted molar refractivity (Wildman–Crippen MR) is 104 cm³/mol. The molecule has 1 fully saturated rings. The largest absolute Gasteiger partial charge is 0.342 e. The van der Waals surface area contributed by atoms with Gasteiger partial charge in [0.1, 0.15) is 11.5 Å². The number of H-pyrrole nitrogens is 1. The van der Waals surface area contributed by atoms with Crippen LogP contribution in [0, 0.1) is 12.9 Å². The van der Waals surface area contributed by atoms with Gasteiger partial charge in [0.25, 0.3) is 5.91 Å². The number of halogens is 1. The summed E-state index contributed by atoms with van der Waals surface area (Å²) in [4.78, 5) is 27.0. The zero-order valence-electron chi connectivity index (χ0n) is 15.5. The number of aromatic nitrogens is 4. The number of pyridine rings is 1. The topological polar surface area (TPSA) is 66.3 Å². The highest BCUT2D eigenvalue weighted by atomic mass is 19.1. The maximum atomic E-state index is 14.7. The third-order valence-corrected chi connectivity index (χ3v) is 5.50. The van der Waals surface area contributed by atoms with E-state index in [0.717, 1.165) is 35.3 Å². The second kappa shape index (κ2) is 6.44. The molecule has 142 valence electrons. The number of carbonyl (C=O) groups is 1. The Bertz CT molecular complexity index is 1190. The van der Waals surface area contributed by atoms with Crippen molar-refractivity contribution in [2.75, 3.05) is 13.1 Å². The number of hydrogen-bond acceptors (Lipinski definition) is 3. The van der Waals surface area contributed by atoms with Crippen molar-refractivity contribution in [1.82, 2.24) is 24.3 Å². The first-order valence-corrected chi connectivity index (χ1v) is 9.49. The monoisotopic (exact) mass is 377 g/mol. The summed E-state index contributed by atoms with van der Waals surface area (Å²) in [7, 11) is 0. The summed E-state index contributed by atoms with van der Waals surface area (Å²) >= 11 is 0. The molecule has 0 radical (unpaired) electrons. The maximum Gasteiger partial charge on any atom is 0.277 e. The van der Waals surface area contributed by atoms with Gasteiger partial charge in [0.2, 0.25) is 5.95 Å². The molecule has 3 aromatic heterocycles. The minimum absolute atomic E-state index is 0.101. The van der Waals surface area contributed by atoms with Gasteiger partial charge >= 0.3 is 0 Å². The molecule has 7 heteroatoms. The van der Waals surface area contributed by atoms with Crippen molar-refractivity contribution in [3.63, 3.8) is 0 Å². The molecule has 0 unspecified atom stereocenters. The van der Waals surface area contributed by atoms with E-state index in [2.05, 4.69) is 9.97 Å². The number of aromatic amines is 1. The number of hydrogen-bond donors (Lipinski definition) is 1. The molecule has 6 nitrogen and oxygen atoms in total. The number of para-hydroxylation sites is 1. The van der Waals surface area contributed by atoms with Crippen LogP contribution in [-0.2, 0) is 0 Å². The van der Waals surface area contributed by atoms with Crippen LogP contribution >= 0.6 is 0 Å². The second-order valence-electron chi connectivity index (χ2n) is 7.36. The molecule has 1 aliphatic rings. The Hall–Kier alpha value is -3.22. The summed E-state index contributed by atoms with van der Waals surface area (Å²) in [5, 5.41) is 0. The Balaban J connectivity index is 1.43. The van der Waals surface area contributed by atoms with Gasteiger partial charge in [-0.15, -0.1) is 0 Å². The van der Waals surface area contributed by atoms with E-state index in [9.17, 15) is 9.18 Å². The van der Waals surface area contributed by atoms with Crippen LogP contribution < -0.4 is 0 Å². The van der Waals surface area contributed by atoms with Gasteiger partial charge in [-0.2, -0.15) is 4.39 Å². The second-order valence-corrected chi connectivity index (χ2v) is 7.36. The molecule has 1 atom stereocenters. The number of rotatable bonds is 2. The number of fused-ring (bicyclic) bond motifs is 2. The predicted octanol–water partition coefficient (Wildman–Crippen LogP) is 3.68. The SMILES string of the molecule is Cc1cccc2[nH]c([C@@H]3CCCN(C(=O)c4nc5ccccn5c4F)C3)nc12. The van der Waals surface area contributed by atoms with Crippen molar-refractivity contribution < 1.29 is 9.18 Å². The first-order valence-electron chi connectivity index (χ1n) is 9.49. The molecule has 4 heterocycles. The number of piperidine rings is 1. The van der Waals surface area contributed by atoms with E-state index in [1.54, 1.807) is 29.3 Å². The Morgan fingerprint density at radius 3 is 2.93 bits per heavy atom. The fourth-order valence-corrected chi connectivity index (χ4v) is 4.02. The van der Waals surface area contributed by atoms with Crippen LogP contribution in [0.4, 0.5) is 4.39 Å². The molecule has 0 aliphatic carbocycles. The van der Waals surface area contributed by atoms with Gasteiger partial charge in [0.15, 0.2) is 5.69 Å². The minimum Gasteiger partial charge on any atom is -0.342 e. The van der Waals surface area contributed by atoms with Gasteiger partial charge in [-0.3, -0.25) is 9.20 Å². The molecule has 1 aromatic carbocycles. The van der Waals surface area contributed by atoms with E-state index in [0.29, 0.717) is 18.7 Å². The van der Waals surface area contributed by atoms with E-state index >= 15 is 0 Å². The molecule has 0 saturated carbocycles. The average molecular weight is 377 g/mol. The summed E-state index contributed by atoms with van der Waals surface area (Å²) in [5.41, 5.74) is 3.41. The lowest BCUT2D eigenvalue weighted by Gasteiger charge is -2.31. The van der Waals surface area contributed by atoms with Gasteiger partial charge in [-0.25, -0.2) is 9.97 Å². The number of imidazole rings is 2. The van der Waals surface area contributed by atoms with Crippen molar-refractivity contribution in [2.45, 2.75) is 25.7 Å². The number of likely N-dealkylation sites (tertiary alicyclic amines) is 1. The van der Waals surface area contributed by atoms with Crippen molar-refractivity contribution in [3.8, 4) is 0 Å². The first-order chi connectivity index (χ1) is 13.6. The van der Waals surface area contributed by atoms with E-state index < -0.39 is 5.95 Å². The lowest BCUT2D eigenvalue weighted by atomic mass is 9.97. The molecule has 5 rings (SSSR count). The van der Waals surface area contributed by atoms with Crippen molar-refractivity contribution >= 4 is 22.6 Å². The van der Waals surface area contributed by atoms with Gasteiger partial charge < -0.3 is 9.88 Å². The Labute approximate surface area is 161 Å². The highest BCUT2D eigenvalue weighted by Gasteiger charge is 2.30. The van der Waals surface area contributed by atoms with Crippen molar-refractivity contribution in [2.24, 2.45) is 0 Å². The van der Waals surface area contributed by atoms with Crippen LogP contribution in [0.25, 0.3) is 16.7 Å². The van der Waals surface area contributed by atoms with Crippen LogP contribution in [0.2, 0.25) is 0 Å². The van der Waals surface area contributed by atoms with E-state index in [4.69, 9.17) is 4.98 Å². The van der Waals surface area contributed by atoms with Crippen LogP contribution in [0.5, 0.6) is 0 Å². The number of aryl methyl sites for hydroxylation is 1. The normalized spacial score (nSPS) is 17.5. The molecule has 0 bridgehead atoms. The number of carbonyl (C=O) groups excluding carboxylic acids is 1. The first kappa shape index (κ1) is 16.9. The average Bonchev–Trinajstić information content (AvgIpc) is 3.31. The number of amides is 1. The fourth-order valence-electron chi connectivity index (χ4n) is 4.02. The quantitative estimate of drug-likeness (QED) is 0.580. The molecule has 4 aromatic rings. The number of nitrogens with one attached hydrogen (secondary N) is 1. The molecule has 28 heavy (non-hydrogen) atoms.